The van der Waals surface area contributed by atoms with Crippen LogP contribution < -0.4 is 9.47 Å². The monoisotopic (exact) mass is 373 g/mol. The van der Waals surface area contributed by atoms with Crippen molar-refractivity contribution >= 4 is 11.7 Å². The average Bonchev–Trinajstić information content (AvgIpc) is 2.70. The van der Waals surface area contributed by atoms with Crippen LogP contribution >= 0.6 is 0 Å². The van der Waals surface area contributed by atoms with Crippen LogP contribution in [-0.4, -0.2) is 24.8 Å². The van der Waals surface area contributed by atoms with Crippen LogP contribution in [0, 0.1) is 10.1 Å². The lowest BCUT2D eigenvalue weighted by Crippen LogP contribution is -2.15. The predicted octanol–water partition coefficient (Wildman–Crippen LogP) is 3.15. The quantitative estimate of drug-likeness (QED) is 0.418. The molecule has 8 nitrogen and oxygen atoms in total. The van der Waals surface area contributed by atoms with Crippen molar-refractivity contribution in [3.63, 3.8) is 0 Å². The average molecular weight is 373 g/mol. The number of hydrogen-bond acceptors (Lipinski definition) is 7. The summed E-state index contributed by atoms with van der Waals surface area (Å²) < 4.78 is 21.1. The third-order valence-electron chi connectivity index (χ3n) is 4.16. The van der Waals surface area contributed by atoms with E-state index >= 15 is 0 Å². The topological polar surface area (TPSA) is 97.1 Å². The number of nitro groups is 1. The number of methoxy groups -OCH3 is 1. The van der Waals surface area contributed by atoms with E-state index in [0.717, 1.165) is 5.56 Å². The number of carbonyl (C=O) groups excluding carboxylic acids is 1. The van der Waals surface area contributed by atoms with Gasteiger partial charge in [-0.1, -0.05) is 18.2 Å². The number of non-ortho nitro benzene ring substituents is 1. The minimum absolute atomic E-state index is 0.0551. The van der Waals surface area contributed by atoms with E-state index in [4.69, 9.17) is 18.9 Å². The summed E-state index contributed by atoms with van der Waals surface area (Å²) in [6.45, 7) is 0.167. The Hall–Kier alpha value is -3.13. The first-order valence-corrected chi connectivity index (χ1v) is 8.36. The van der Waals surface area contributed by atoms with E-state index in [2.05, 4.69) is 0 Å². The molecule has 0 bridgehead atoms. The molecular weight excluding hydrogens is 354 g/mol. The SMILES string of the molecule is COc1ccccc1CCC(=O)OCc1cc([N+](=O)[O-])cc2c1OCOC2. The van der Waals surface area contributed by atoms with E-state index in [1.54, 1.807) is 7.11 Å². The number of nitrogens with zero attached hydrogens (tertiary/aromatic N) is 1. The molecule has 0 aliphatic carbocycles. The fraction of sp³-hybridized carbons (Fsp3) is 0.316. The van der Waals surface area contributed by atoms with Crippen molar-refractivity contribution in [3.8, 4) is 11.5 Å². The molecule has 0 atom stereocenters. The Morgan fingerprint density at radius 3 is 2.85 bits per heavy atom. The lowest BCUT2D eigenvalue weighted by atomic mass is 10.1. The molecule has 1 aliphatic rings. The molecule has 2 aromatic carbocycles. The third kappa shape index (κ3) is 4.53. The number of rotatable bonds is 7. The van der Waals surface area contributed by atoms with Gasteiger partial charge in [0.1, 0.15) is 18.1 Å². The highest BCUT2D eigenvalue weighted by Gasteiger charge is 2.21. The number of fused-ring (bicyclic) bond motifs is 1. The normalized spacial score (nSPS) is 12.6. The number of ether oxygens (including phenoxy) is 4. The van der Waals surface area contributed by atoms with Gasteiger partial charge in [-0.3, -0.25) is 14.9 Å². The van der Waals surface area contributed by atoms with E-state index in [-0.39, 0.29) is 32.1 Å². The number of para-hydroxylation sites is 1. The summed E-state index contributed by atoms with van der Waals surface area (Å²) in [6.07, 6.45) is 0.641. The molecule has 142 valence electrons. The van der Waals surface area contributed by atoms with Gasteiger partial charge in [0.15, 0.2) is 6.79 Å². The number of hydrogen-bond donors (Lipinski definition) is 0. The molecule has 0 saturated carbocycles. The van der Waals surface area contributed by atoms with Crippen molar-refractivity contribution in [3.05, 3.63) is 63.2 Å². The van der Waals surface area contributed by atoms with Crippen LogP contribution in [0.5, 0.6) is 11.5 Å². The molecule has 27 heavy (non-hydrogen) atoms. The fourth-order valence-corrected chi connectivity index (χ4v) is 2.87. The summed E-state index contributed by atoms with van der Waals surface area (Å²) in [4.78, 5) is 22.7. The molecular formula is C19H19NO7. The minimum Gasteiger partial charge on any atom is -0.496 e. The molecule has 0 fully saturated rings. The maximum atomic E-state index is 12.1. The van der Waals surface area contributed by atoms with Gasteiger partial charge in [-0.25, -0.2) is 0 Å². The summed E-state index contributed by atoms with van der Waals surface area (Å²) in [7, 11) is 1.58. The lowest BCUT2D eigenvalue weighted by molar-refractivity contribution is -0.385. The zero-order valence-corrected chi connectivity index (χ0v) is 14.8. The van der Waals surface area contributed by atoms with Crippen LogP contribution in [0.3, 0.4) is 0 Å². The first-order chi connectivity index (χ1) is 13.1. The van der Waals surface area contributed by atoms with Crippen LogP contribution in [0.2, 0.25) is 0 Å². The zero-order chi connectivity index (χ0) is 19.2. The van der Waals surface area contributed by atoms with Crippen molar-refractivity contribution < 1.29 is 28.7 Å². The summed E-state index contributed by atoms with van der Waals surface area (Å²) in [6, 6.07) is 10.2. The predicted molar refractivity (Wildman–Crippen MR) is 94.5 cm³/mol. The Kier molecular flexibility index (Phi) is 5.87. The highest BCUT2D eigenvalue weighted by Crippen LogP contribution is 2.33. The zero-order valence-electron chi connectivity index (χ0n) is 14.8. The second-order valence-corrected chi connectivity index (χ2v) is 5.93. The molecule has 0 N–H and O–H groups in total. The van der Waals surface area contributed by atoms with Gasteiger partial charge in [0.25, 0.3) is 5.69 Å². The van der Waals surface area contributed by atoms with E-state index in [0.29, 0.717) is 29.0 Å². The second-order valence-electron chi connectivity index (χ2n) is 5.93. The molecule has 3 rings (SSSR count). The lowest BCUT2D eigenvalue weighted by Gasteiger charge is -2.20. The number of aryl methyl sites for hydroxylation is 1. The highest BCUT2D eigenvalue weighted by atomic mass is 16.7. The smallest absolute Gasteiger partial charge is 0.306 e. The van der Waals surface area contributed by atoms with Crippen LogP contribution in [0.25, 0.3) is 0 Å². The van der Waals surface area contributed by atoms with Gasteiger partial charge in [0.05, 0.1) is 18.6 Å². The Labute approximate surface area is 155 Å². The van der Waals surface area contributed by atoms with Gasteiger partial charge >= 0.3 is 5.97 Å². The Bertz CT molecular complexity index is 850. The number of carbonyl (C=O) groups is 1. The number of benzene rings is 2. The Morgan fingerprint density at radius 1 is 1.26 bits per heavy atom. The molecule has 1 aliphatic heterocycles. The summed E-state index contributed by atoms with van der Waals surface area (Å²) in [5, 5.41) is 11.1. The van der Waals surface area contributed by atoms with Gasteiger partial charge in [-0.05, 0) is 18.1 Å². The molecule has 0 aromatic heterocycles. The van der Waals surface area contributed by atoms with Crippen LogP contribution in [0.15, 0.2) is 36.4 Å². The van der Waals surface area contributed by atoms with Crippen molar-refractivity contribution in [1.29, 1.82) is 0 Å². The number of nitro benzene ring substituents is 1. The maximum absolute atomic E-state index is 12.1. The molecule has 1 heterocycles. The molecule has 0 radical (unpaired) electrons. The molecule has 8 heteroatoms. The number of esters is 1. The first-order valence-electron chi connectivity index (χ1n) is 8.36. The molecule has 0 unspecified atom stereocenters. The summed E-state index contributed by atoms with van der Waals surface area (Å²) in [5.74, 6) is 0.782. The van der Waals surface area contributed by atoms with Gasteiger partial charge in [0, 0.05) is 29.7 Å². The van der Waals surface area contributed by atoms with Gasteiger partial charge < -0.3 is 18.9 Å². The van der Waals surface area contributed by atoms with E-state index in [1.165, 1.54) is 12.1 Å². The van der Waals surface area contributed by atoms with Gasteiger partial charge in [-0.2, -0.15) is 0 Å². The van der Waals surface area contributed by atoms with Gasteiger partial charge in [0.2, 0.25) is 0 Å². The van der Waals surface area contributed by atoms with Crippen LogP contribution in [0.1, 0.15) is 23.1 Å². The van der Waals surface area contributed by atoms with Crippen LogP contribution in [0.4, 0.5) is 5.69 Å². The van der Waals surface area contributed by atoms with Crippen molar-refractivity contribution in [1.82, 2.24) is 0 Å². The van der Waals surface area contributed by atoms with E-state index in [9.17, 15) is 14.9 Å². The van der Waals surface area contributed by atoms with E-state index < -0.39 is 10.9 Å². The first kappa shape index (κ1) is 18.7. The largest absolute Gasteiger partial charge is 0.496 e. The fourth-order valence-electron chi connectivity index (χ4n) is 2.87. The standard InChI is InChI=1S/C19H19NO7/c1-24-17-5-3-2-4-13(17)6-7-18(21)26-11-15-9-16(20(22)23)8-14-10-25-12-27-19(14)15/h2-5,8-9H,6-7,10-12H2,1H3. The summed E-state index contributed by atoms with van der Waals surface area (Å²) in [5.41, 5.74) is 1.83. The molecule has 0 saturated heterocycles. The van der Waals surface area contributed by atoms with Gasteiger partial charge in [-0.15, -0.1) is 0 Å². The minimum atomic E-state index is -0.498. The maximum Gasteiger partial charge on any atom is 0.306 e. The highest BCUT2D eigenvalue weighted by molar-refractivity contribution is 5.70. The van der Waals surface area contributed by atoms with Crippen molar-refractivity contribution in [2.75, 3.05) is 13.9 Å². The van der Waals surface area contributed by atoms with Crippen molar-refractivity contribution in [2.24, 2.45) is 0 Å². The Morgan fingerprint density at radius 2 is 2.07 bits per heavy atom. The third-order valence-corrected chi connectivity index (χ3v) is 4.16. The second kappa shape index (κ2) is 8.50. The van der Waals surface area contributed by atoms with E-state index in [1.807, 2.05) is 24.3 Å². The van der Waals surface area contributed by atoms with Crippen LogP contribution in [-0.2, 0) is 33.9 Å². The Balaban J connectivity index is 1.64. The van der Waals surface area contributed by atoms with Crippen molar-refractivity contribution in [2.45, 2.75) is 26.1 Å². The molecule has 0 spiro atoms. The molecule has 0 amide bonds. The molecule has 2 aromatic rings. The summed E-state index contributed by atoms with van der Waals surface area (Å²) >= 11 is 0.